The number of hydrogen-bond donors (Lipinski definition) is 0. The minimum absolute atomic E-state index is 0.416. The number of rotatable bonds is 4. The molecule has 1 saturated heterocycles. The van der Waals surface area contributed by atoms with Crippen molar-refractivity contribution in [3.8, 4) is 0 Å². The van der Waals surface area contributed by atoms with Crippen LogP contribution in [0, 0.1) is 0 Å². The second kappa shape index (κ2) is 7.80. The number of anilines is 1. The van der Waals surface area contributed by atoms with Gasteiger partial charge in [0.15, 0.2) is 0 Å². The SMILES string of the molecule is CC(c1ccccc1)N1CCc2c(ncnc2N2CCN(C3CCC3)CC2)C1. The largest absolute Gasteiger partial charge is 0.354 e. The van der Waals surface area contributed by atoms with Crippen molar-refractivity contribution in [3.63, 3.8) is 0 Å². The topological polar surface area (TPSA) is 35.5 Å². The Morgan fingerprint density at radius 3 is 2.46 bits per heavy atom. The number of hydrogen-bond acceptors (Lipinski definition) is 5. The lowest BCUT2D eigenvalue weighted by molar-refractivity contribution is 0.120. The third-order valence-corrected chi connectivity index (χ3v) is 7.05. The summed E-state index contributed by atoms with van der Waals surface area (Å²) >= 11 is 0. The maximum Gasteiger partial charge on any atom is 0.135 e. The van der Waals surface area contributed by atoms with E-state index >= 15 is 0 Å². The highest BCUT2D eigenvalue weighted by Gasteiger charge is 2.31. The molecule has 5 nitrogen and oxygen atoms in total. The molecule has 1 aromatic carbocycles. The molecule has 2 aliphatic heterocycles. The van der Waals surface area contributed by atoms with Crippen molar-refractivity contribution < 1.29 is 0 Å². The van der Waals surface area contributed by atoms with Gasteiger partial charge in [0, 0.05) is 56.9 Å². The molecule has 2 fully saturated rings. The molecular formula is C23H31N5. The molecule has 1 atom stereocenters. The molecule has 3 aliphatic rings. The fraction of sp³-hybridized carbons (Fsp3) is 0.565. The molecule has 5 heteroatoms. The van der Waals surface area contributed by atoms with E-state index in [0.29, 0.717) is 6.04 Å². The highest BCUT2D eigenvalue weighted by Crippen LogP contribution is 2.32. The summed E-state index contributed by atoms with van der Waals surface area (Å²) in [6.07, 6.45) is 7.05. The Balaban J connectivity index is 1.29. The molecule has 1 saturated carbocycles. The fourth-order valence-electron chi connectivity index (χ4n) is 4.95. The zero-order valence-corrected chi connectivity index (χ0v) is 16.9. The Morgan fingerprint density at radius 2 is 1.75 bits per heavy atom. The lowest BCUT2D eigenvalue weighted by atomic mass is 9.91. The van der Waals surface area contributed by atoms with Gasteiger partial charge in [0.1, 0.15) is 12.1 Å². The van der Waals surface area contributed by atoms with Crippen LogP contribution in [-0.4, -0.2) is 58.5 Å². The summed E-state index contributed by atoms with van der Waals surface area (Å²) in [5.74, 6) is 1.20. The standard InChI is InChI=1S/C23H31N5/c1-18(19-6-3-2-4-7-19)28-11-10-21-22(16-28)24-17-25-23(21)27-14-12-26(13-15-27)20-8-5-9-20/h2-4,6-7,17-18,20H,5,8-16H2,1H3. The van der Waals surface area contributed by atoms with Gasteiger partial charge in [0.05, 0.1) is 5.69 Å². The quantitative estimate of drug-likeness (QED) is 0.817. The van der Waals surface area contributed by atoms with Crippen LogP contribution >= 0.6 is 0 Å². The van der Waals surface area contributed by atoms with E-state index in [-0.39, 0.29) is 0 Å². The Hall–Kier alpha value is -1.98. The molecule has 1 aliphatic carbocycles. The number of aromatic nitrogens is 2. The minimum Gasteiger partial charge on any atom is -0.354 e. The van der Waals surface area contributed by atoms with Crippen molar-refractivity contribution >= 4 is 5.82 Å². The van der Waals surface area contributed by atoms with Crippen LogP contribution in [0.2, 0.25) is 0 Å². The third-order valence-electron chi connectivity index (χ3n) is 7.05. The summed E-state index contributed by atoms with van der Waals surface area (Å²) in [6, 6.07) is 12.1. The molecule has 3 heterocycles. The highest BCUT2D eigenvalue weighted by atomic mass is 15.3. The van der Waals surface area contributed by atoms with Crippen LogP contribution in [0.4, 0.5) is 5.82 Å². The van der Waals surface area contributed by atoms with Gasteiger partial charge in [-0.1, -0.05) is 36.8 Å². The van der Waals surface area contributed by atoms with Gasteiger partial charge in [0.25, 0.3) is 0 Å². The number of fused-ring (bicyclic) bond motifs is 1. The molecule has 0 bridgehead atoms. The van der Waals surface area contributed by atoms with E-state index in [0.717, 1.165) is 38.6 Å². The van der Waals surface area contributed by atoms with E-state index in [1.807, 2.05) is 0 Å². The van der Waals surface area contributed by atoms with Crippen molar-refractivity contribution in [3.05, 3.63) is 53.5 Å². The van der Waals surface area contributed by atoms with Crippen LogP contribution in [-0.2, 0) is 13.0 Å². The smallest absolute Gasteiger partial charge is 0.135 e. The molecule has 2 aromatic rings. The predicted molar refractivity (Wildman–Crippen MR) is 112 cm³/mol. The first kappa shape index (κ1) is 18.1. The van der Waals surface area contributed by atoms with Crippen molar-refractivity contribution in [1.29, 1.82) is 0 Å². The molecule has 0 amide bonds. The minimum atomic E-state index is 0.416. The van der Waals surface area contributed by atoms with Gasteiger partial charge in [-0.3, -0.25) is 9.80 Å². The lowest BCUT2D eigenvalue weighted by Crippen LogP contribution is -2.52. The van der Waals surface area contributed by atoms with Gasteiger partial charge < -0.3 is 4.90 Å². The van der Waals surface area contributed by atoms with Crippen molar-refractivity contribution in [2.75, 3.05) is 37.6 Å². The molecule has 5 rings (SSSR count). The zero-order valence-electron chi connectivity index (χ0n) is 16.9. The summed E-state index contributed by atoms with van der Waals surface area (Å²) < 4.78 is 0. The predicted octanol–water partition coefficient (Wildman–Crippen LogP) is 3.27. The Morgan fingerprint density at radius 1 is 0.964 bits per heavy atom. The molecule has 0 spiro atoms. The zero-order chi connectivity index (χ0) is 18.9. The molecular weight excluding hydrogens is 346 g/mol. The van der Waals surface area contributed by atoms with Crippen LogP contribution in [0.5, 0.6) is 0 Å². The summed E-state index contributed by atoms with van der Waals surface area (Å²) in [6.45, 7) is 8.87. The molecule has 0 radical (unpaired) electrons. The summed E-state index contributed by atoms with van der Waals surface area (Å²) in [5, 5.41) is 0. The number of benzene rings is 1. The van der Waals surface area contributed by atoms with Crippen molar-refractivity contribution in [2.45, 2.75) is 51.2 Å². The Labute approximate surface area is 168 Å². The van der Waals surface area contributed by atoms with E-state index in [4.69, 9.17) is 4.98 Å². The van der Waals surface area contributed by atoms with Gasteiger partial charge in [0.2, 0.25) is 0 Å². The Bertz CT molecular complexity index is 796. The average molecular weight is 378 g/mol. The highest BCUT2D eigenvalue weighted by molar-refractivity contribution is 5.50. The van der Waals surface area contributed by atoms with E-state index in [1.54, 1.807) is 6.33 Å². The van der Waals surface area contributed by atoms with E-state index < -0.39 is 0 Å². The normalized spacial score (nSPS) is 22.5. The maximum atomic E-state index is 4.73. The summed E-state index contributed by atoms with van der Waals surface area (Å²) in [4.78, 5) is 17.1. The van der Waals surface area contributed by atoms with Gasteiger partial charge in [-0.15, -0.1) is 0 Å². The Kier molecular flexibility index (Phi) is 5.03. The molecule has 1 aromatic heterocycles. The average Bonchev–Trinajstić information content (AvgIpc) is 2.72. The second-order valence-corrected chi connectivity index (χ2v) is 8.54. The first-order valence-electron chi connectivity index (χ1n) is 10.9. The molecule has 148 valence electrons. The van der Waals surface area contributed by atoms with Gasteiger partial charge in [-0.25, -0.2) is 9.97 Å². The van der Waals surface area contributed by atoms with Crippen LogP contribution < -0.4 is 4.90 Å². The van der Waals surface area contributed by atoms with Crippen LogP contribution in [0.25, 0.3) is 0 Å². The van der Waals surface area contributed by atoms with Crippen LogP contribution in [0.1, 0.15) is 49.0 Å². The van der Waals surface area contributed by atoms with Crippen LogP contribution in [0.15, 0.2) is 36.7 Å². The number of piperazine rings is 1. The van der Waals surface area contributed by atoms with E-state index in [2.05, 4.69) is 56.9 Å². The first-order chi connectivity index (χ1) is 13.8. The summed E-state index contributed by atoms with van der Waals surface area (Å²) in [7, 11) is 0. The van der Waals surface area contributed by atoms with Gasteiger partial charge in [-0.05, 0) is 31.7 Å². The first-order valence-corrected chi connectivity index (χ1v) is 10.9. The van der Waals surface area contributed by atoms with Crippen molar-refractivity contribution in [2.24, 2.45) is 0 Å². The molecule has 0 N–H and O–H groups in total. The molecule has 1 unspecified atom stereocenters. The van der Waals surface area contributed by atoms with Gasteiger partial charge >= 0.3 is 0 Å². The van der Waals surface area contributed by atoms with Crippen LogP contribution in [0.3, 0.4) is 0 Å². The third kappa shape index (κ3) is 3.42. The van der Waals surface area contributed by atoms with Gasteiger partial charge in [-0.2, -0.15) is 0 Å². The second-order valence-electron chi connectivity index (χ2n) is 8.54. The maximum absolute atomic E-state index is 4.73. The monoisotopic (exact) mass is 377 g/mol. The lowest BCUT2D eigenvalue weighted by Gasteiger charge is -2.44. The summed E-state index contributed by atoms with van der Waals surface area (Å²) in [5.41, 5.74) is 3.99. The van der Waals surface area contributed by atoms with E-state index in [1.165, 1.54) is 55.0 Å². The number of nitrogens with zero attached hydrogens (tertiary/aromatic N) is 5. The molecule has 28 heavy (non-hydrogen) atoms. The fourth-order valence-corrected chi connectivity index (χ4v) is 4.95. The van der Waals surface area contributed by atoms with E-state index in [9.17, 15) is 0 Å². The van der Waals surface area contributed by atoms with Crippen molar-refractivity contribution in [1.82, 2.24) is 19.8 Å².